The van der Waals surface area contributed by atoms with Crippen LogP contribution in [0.2, 0.25) is 0 Å². The SMILES string of the molecule is CCc1cc(O)c(F)cc1C1CCC2C(C1)NNC2c1ncc(C2=CCNCC2)[nH]1. The topological polar surface area (TPSA) is 85.0 Å². The summed E-state index contributed by atoms with van der Waals surface area (Å²) < 4.78 is 14.1. The molecular formula is C23H30FN5O. The van der Waals surface area contributed by atoms with Gasteiger partial charge >= 0.3 is 0 Å². The molecule has 1 aliphatic carbocycles. The van der Waals surface area contributed by atoms with E-state index in [1.165, 1.54) is 5.57 Å². The molecule has 7 heteroatoms. The van der Waals surface area contributed by atoms with Gasteiger partial charge in [0.1, 0.15) is 5.82 Å². The Labute approximate surface area is 176 Å². The fourth-order valence-corrected chi connectivity index (χ4v) is 5.45. The molecule has 0 spiro atoms. The maximum atomic E-state index is 14.1. The highest BCUT2D eigenvalue weighted by molar-refractivity contribution is 5.63. The van der Waals surface area contributed by atoms with Gasteiger partial charge in [-0.2, -0.15) is 0 Å². The van der Waals surface area contributed by atoms with Gasteiger partial charge in [0.2, 0.25) is 0 Å². The Morgan fingerprint density at radius 3 is 2.93 bits per heavy atom. The van der Waals surface area contributed by atoms with Crippen LogP contribution in [0.4, 0.5) is 4.39 Å². The standard InChI is InChI=1S/C23H30FN5O/c1-2-13-10-21(30)18(24)11-17(13)15-3-4-16-19(9-15)28-29-22(16)23-26-12-20(27-23)14-5-7-25-8-6-14/h5,10-12,15-16,19,22,25,28-30H,2-4,6-9H2,1H3,(H,26,27). The molecule has 1 aromatic carbocycles. The Morgan fingerprint density at radius 1 is 1.23 bits per heavy atom. The summed E-state index contributed by atoms with van der Waals surface area (Å²) in [4.78, 5) is 8.24. The van der Waals surface area contributed by atoms with Crippen LogP contribution in [-0.2, 0) is 6.42 Å². The number of aromatic nitrogens is 2. The molecule has 6 nitrogen and oxygen atoms in total. The number of nitrogens with one attached hydrogen (secondary N) is 4. The summed E-state index contributed by atoms with van der Waals surface area (Å²) in [6.07, 6.45) is 9.03. The molecule has 1 saturated heterocycles. The number of H-pyrrole nitrogens is 1. The number of phenols is 1. The van der Waals surface area contributed by atoms with Gasteiger partial charge in [0.25, 0.3) is 0 Å². The molecule has 4 unspecified atom stereocenters. The third-order valence-corrected chi connectivity index (χ3v) is 7.09. The number of phenolic OH excluding ortho intramolecular Hbond substituents is 1. The molecule has 0 radical (unpaired) electrons. The lowest BCUT2D eigenvalue weighted by Crippen LogP contribution is -2.35. The van der Waals surface area contributed by atoms with Crippen molar-refractivity contribution in [3.8, 4) is 5.75 Å². The first-order valence-electron chi connectivity index (χ1n) is 11.1. The van der Waals surface area contributed by atoms with Crippen molar-refractivity contribution >= 4 is 5.57 Å². The number of aryl methyl sites for hydroxylation is 1. The van der Waals surface area contributed by atoms with E-state index in [1.54, 1.807) is 12.1 Å². The van der Waals surface area contributed by atoms with Crippen molar-refractivity contribution in [3.05, 3.63) is 52.9 Å². The highest BCUT2D eigenvalue weighted by atomic mass is 19.1. The second-order valence-electron chi connectivity index (χ2n) is 8.77. The number of aromatic hydroxyl groups is 1. The van der Waals surface area contributed by atoms with Gasteiger partial charge < -0.3 is 15.4 Å². The Morgan fingerprint density at radius 2 is 2.13 bits per heavy atom. The molecule has 3 aliphatic rings. The first kappa shape index (κ1) is 19.7. The molecule has 2 aromatic rings. The molecule has 0 bridgehead atoms. The second kappa shape index (κ2) is 8.13. The van der Waals surface area contributed by atoms with E-state index in [0.717, 1.165) is 67.8 Å². The maximum absolute atomic E-state index is 14.1. The van der Waals surface area contributed by atoms with Crippen LogP contribution in [-0.4, -0.2) is 34.2 Å². The van der Waals surface area contributed by atoms with Crippen LogP contribution in [0, 0.1) is 11.7 Å². The van der Waals surface area contributed by atoms with Crippen molar-refractivity contribution in [1.82, 2.24) is 26.1 Å². The van der Waals surface area contributed by atoms with Gasteiger partial charge in [-0.25, -0.2) is 14.8 Å². The molecule has 1 aromatic heterocycles. The number of hydrazine groups is 1. The number of fused-ring (bicyclic) bond motifs is 1. The lowest BCUT2D eigenvalue weighted by molar-refractivity contribution is 0.276. The third-order valence-electron chi connectivity index (χ3n) is 7.09. The van der Waals surface area contributed by atoms with Gasteiger partial charge in [-0.15, -0.1) is 0 Å². The predicted octanol–water partition coefficient (Wildman–Crippen LogP) is 3.29. The summed E-state index contributed by atoms with van der Waals surface area (Å²) in [6, 6.07) is 3.63. The lowest BCUT2D eigenvalue weighted by atomic mass is 9.73. The van der Waals surface area contributed by atoms with E-state index in [9.17, 15) is 9.50 Å². The first-order valence-corrected chi connectivity index (χ1v) is 11.1. The molecule has 1 saturated carbocycles. The fourth-order valence-electron chi connectivity index (χ4n) is 5.45. The molecular weight excluding hydrogens is 381 g/mol. The van der Waals surface area contributed by atoms with Crippen LogP contribution in [0.5, 0.6) is 5.75 Å². The molecule has 3 heterocycles. The molecule has 160 valence electrons. The van der Waals surface area contributed by atoms with Gasteiger partial charge in [-0.3, -0.25) is 5.43 Å². The highest BCUT2D eigenvalue weighted by Crippen LogP contribution is 2.44. The van der Waals surface area contributed by atoms with Crippen LogP contribution < -0.4 is 16.2 Å². The average Bonchev–Trinajstić information content (AvgIpc) is 3.42. The Balaban J connectivity index is 1.31. The number of halogens is 1. The summed E-state index contributed by atoms with van der Waals surface area (Å²) in [5, 5.41) is 13.1. The summed E-state index contributed by atoms with van der Waals surface area (Å²) in [6.45, 7) is 3.98. The number of nitrogens with zero attached hydrogens (tertiary/aromatic N) is 1. The van der Waals surface area contributed by atoms with Gasteiger partial charge in [0.15, 0.2) is 11.6 Å². The summed E-state index contributed by atoms with van der Waals surface area (Å²) in [5.41, 5.74) is 11.5. The van der Waals surface area contributed by atoms with Crippen LogP contribution in [0.1, 0.15) is 67.2 Å². The molecule has 0 amide bonds. The number of hydrogen-bond acceptors (Lipinski definition) is 5. The van der Waals surface area contributed by atoms with Gasteiger partial charge in [0, 0.05) is 12.6 Å². The maximum Gasteiger partial charge on any atom is 0.165 e. The highest BCUT2D eigenvalue weighted by Gasteiger charge is 2.42. The minimum Gasteiger partial charge on any atom is -0.505 e. The van der Waals surface area contributed by atoms with E-state index in [2.05, 4.69) is 34.2 Å². The minimum absolute atomic E-state index is 0.161. The van der Waals surface area contributed by atoms with E-state index in [0.29, 0.717) is 17.9 Å². The number of hydrogen-bond donors (Lipinski definition) is 5. The minimum atomic E-state index is -0.518. The van der Waals surface area contributed by atoms with Crippen LogP contribution in [0.25, 0.3) is 5.57 Å². The zero-order valence-electron chi connectivity index (χ0n) is 17.3. The lowest BCUT2D eigenvalue weighted by Gasteiger charge is -2.33. The Bertz CT molecular complexity index is 955. The smallest absolute Gasteiger partial charge is 0.165 e. The number of aromatic amines is 1. The quantitative estimate of drug-likeness (QED) is 0.533. The fraction of sp³-hybridized carbons (Fsp3) is 0.522. The number of benzene rings is 1. The summed E-state index contributed by atoms with van der Waals surface area (Å²) in [7, 11) is 0. The first-order chi connectivity index (χ1) is 14.6. The summed E-state index contributed by atoms with van der Waals surface area (Å²) in [5.74, 6) is 0.982. The van der Waals surface area contributed by atoms with E-state index in [-0.39, 0.29) is 11.8 Å². The third kappa shape index (κ3) is 3.55. The van der Waals surface area contributed by atoms with Gasteiger partial charge in [0.05, 0.1) is 17.9 Å². The van der Waals surface area contributed by atoms with E-state index in [1.807, 2.05) is 6.20 Å². The van der Waals surface area contributed by atoms with Gasteiger partial charge in [-0.1, -0.05) is 13.0 Å². The normalized spacial score (nSPS) is 28.9. The van der Waals surface area contributed by atoms with Crippen molar-refractivity contribution in [2.75, 3.05) is 13.1 Å². The van der Waals surface area contributed by atoms with E-state index >= 15 is 0 Å². The van der Waals surface area contributed by atoms with E-state index < -0.39 is 5.82 Å². The van der Waals surface area contributed by atoms with Crippen molar-refractivity contribution < 1.29 is 9.50 Å². The number of imidazole rings is 1. The van der Waals surface area contributed by atoms with Gasteiger partial charge in [-0.05, 0) is 79.3 Å². The van der Waals surface area contributed by atoms with Crippen molar-refractivity contribution in [2.24, 2.45) is 5.92 Å². The average molecular weight is 412 g/mol. The summed E-state index contributed by atoms with van der Waals surface area (Å²) >= 11 is 0. The predicted molar refractivity (Wildman–Crippen MR) is 114 cm³/mol. The van der Waals surface area contributed by atoms with Crippen LogP contribution >= 0.6 is 0 Å². The molecule has 2 aliphatic heterocycles. The zero-order chi connectivity index (χ0) is 20.7. The largest absolute Gasteiger partial charge is 0.505 e. The van der Waals surface area contributed by atoms with Crippen molar-refractivity contribution in [1.29, 1.82) is 0 Å². The van der Waals surface area contributed by atoms with Crippen LogP contribution in [0.3, 0.4) is 0 Å². The molecule has 5 rings (SSSR count). The van der Waals surface area contributed by atoms with E-state index in [4.69, 9.17) is 4.98 Å². The zero-order valence-corrected chi connectivity index (χ0v) is 17.3. The number of rotatable bonds is 4. The molecule has 2 fully saturated rings. The molecule has 5 N–H and O–H groups in total. The Hall–Kier alpha value is -2.22. The van der Waals surface area contributed by atoms with Crippen molar-refractivity contribution in [3.63, 3.8) is 0 Å². The molecule has 30 heavy (non-hydrogen) atoms. The van der Waals surface area contributed by atoms with Crippen LogP contribution in [0.15, 0.2) is 24.4 Å². The molecule has 4 atom stereocenters. The monoisotopic (exact) mass is 411 g/mol. The second-order valence-corrected chi connectivity index (χ2v) is 8.77. The Kier molecular flexibility index (Phi) is 5.35. The van der Waals surface area contributed by atoms with Crippen molar-refractivity contribution in [2.45, 2.75) is 57.0 Å².